The summed E-state index contributed by atoms with van der Waals surface area (Å²) in [6.45, 7) is 5.33. The van der Waals surface area contributed by atoms with Gasteiger partial charge in [-0.1, -0.05) is 30.3 Å². The van der Waals surface area contributed by atoms with Crippen molar-refractivity contribution in [1.29, 1.82) is 0 Å². The molecule has 0 aliphatic carbocycles. The summed E-state index contributed by atoms with van der Waals surface area (Å²) in [5.74, 6) is 1.37. The zero-order valence-corrected chi connectivity index (χ0v) is 18.4. The van der Waals surface area contributed by atoms with Gasteiger partial charge in [-0.05, 0) is 50.5 Å². The third kappa shape index (κ3) is 6.37. The molecule has 0 spiro atoms. The van der Waals surface area contributed by atoms with Crippen molar-refractivity contribution in [3.05, 3.63) is 48.0 Å². The van der Waals surface area contributed by atoms with Crippen LogP contribution in [0.4, 0.5) is 4.79 Å². The van der Waals surface area contributed by atoms with Gasteiger partial charge in [-0.3, -0.25) is 0 Å². The Morgan fingerprint density at radius 2 is 1.63 bits per heavy atom. The molecule has 164 valence electrons. The van der Waals surface area contributed by atoms with Crippen molar-refractivity contribution in [2.75, 3.05) is 21.3 Å². The predicted octanol–water partition coefficient (Wildman–Crippen LogP) is 3.77. The minimum absolute atomic E-state index is 0.333. The van der Waals surface area contributed by atoms with Crippen LogP contribution >= 0.6 is 0 Å². The Hall–Kier alpha value is -2.77. The number of amides is 1. The standard InChI is InChI=1S/C23H31NO6/c1-23(2,3)30-22(26)24-17(21(25)29-6)14-15-9-7-10-16(13-15)20-18(27-4)11-8-12-19(20)28-5/h7-13,17,21,25H,14H2,1-6H3,(H,24,26). The van der Waals surface area contributed by atoms with Crippen LogP contribution in [-0.4, -0.2) is 50.5 Å². The average molecular weight is 418 g/mol. The largest absolute Gasteiger partial charge is 0.496 e. The molecule has 0 fully saturated rings. The minimum atomic E-state index is -1.19. The van der Waals surface area contributed by atoms with E-state index in [4.69, 9.17) is 18.9 Å². The number of hydrogen-bond donors (Lipinski definition) is 2. The molecule has 0 saturated heterocycles. The number of carbonyl (C=O) groups is 1. The molecule has 0 radical (unpaired) electrons. The highest BCUT2D eigenvalue weighted by Gasteiger charge is 2.25. The third-order valence-corrected chi connectivity index (χ3v) is 4.39. The Kier molecular flexibility index (Phi) is 8.08. The molecule has 2 rings (SSSR count). The Balaban J connectivity index is 2.31. The van der Waals surface area contributed by atoms with Gasteiger partial charge in [0.15, 0.2) is 6.29 Å². The molecule has 0 bridgehead atoms. The summed E-state index contributed by atoms with van der Waals surface area (Å²) in [4.78, 5) is 12.2. The normalized spacial score (nSPS) is 13.3. The van der Waals surface area contributed by atoms with Crippen molar-refractivity contribution < 1.29 is 28.8 Å². The fraction of sp³-hybridized carbons (Fsp3) is 0.435. The number of benzene rings is 2. The van der Waals surface area contributed by atoms with Crippen molar-refractivity contribution in [3.63, 3.8) is 0 Å². The van der Waals surface area contributed by atoms with Crippen molar-refractivity contribution in [3.8, 4) is 22.6 Å². The Labute approximate surface area is 177 Å². The van der Waals surface area contributed by atoms with E-state index in [9.17, 15) is 9.90 Å². The number of hydrogen-bond acceptors (Lipinski definition) is 6. The number of aliphatic hydroxyl groups is 1. The molecule has 2 aromatic carbocycles. The van der Waals surface area contributed by atoms with Crippen molar-refractivity contribution in [1.82, 2.24) is 5.32 Å². The summed E-state index contributed by atoms with van der Waals surface area (Å²) in [7, 11) is 4.60. The summed E-state index contributed by atoms with van der Waals surface area (Å²) in [5.41, 5.74) is 1.96. The Morgan fingerprint density at radius 1 is 1.03 bits per heavy atom. The van der Waals surface area contributed by atoms with E-state index >= 15 is 0 Å². The minimum Gasteiger partial charge on any atom is -0.496 e. The highest BCUT2D eigenvalue weighted by atomic mass is 16.6. The van der Waals surface area contributed by atoms with Gasteiger partial charge in [0.2, 0.25) is 0 Å². The summed E-state index contributed by atoms with van der Waals surface area (Å²) in [5, 5.41) is 12.9. The highest BCUT2D eigenvalue weighted by molar-refractivity contribution is 5.77. The van der Waals surface area contributed by atoms with E-state index < -0.39 is 24.0 Å². The van der Waals surface area contributed by atoms with Crippen LogP contribution in [0.3, 0.4) is 0 Å². The topological polar surface area (TPSA) is 86.3 Å². The molecule has 2 N–H and O–H groups in total. The fourth-order valence-electron chi connectivity index (χ4n) is 3.09. The number of rotatable bonds is 8. The molecule has 7 heteroatoms. The zero-order valence-electron chi connectivity index (χ0n) is 18.4. The molecule has 0 heterocycles. The third-order valence-electron chi connectivity index (χ3n) is 4.39. The molecule has 2 aromatic rings. The van der Waals surface area contributed by atoms with Crippen LogP contribution in [0.25, 0.3) is 11.1 Å². The van der Waals surface area contributed by atoms with E-state index in [1.807, 2.05) is 42.5 Å². The van der Waals surface area contributed by atoms with Gasteiger partial charge >= 0.3 is 6.09 Å². The molecular formula is C23H31NO6. The number of alkyl carbamates (subject to hydrolysis) is 1. The van der Waals surface area contributed by atoms with E-state index in [0.717, 1.165) is 16.7 Å². The van der Waals surface area contributed by atoms with Gasteiger partial charge in [-0.25, -0.2) is 4.79 Å². The lowest BCUT2D eigenvalue weighted by Gasteiger charge is -2.26. The smallest absolute Gasteiger partial charge is 0.408 e. The SMILES string of the molecule is COc1cccc(OC)c1-c1cccc(CC(NC(=O)OC(C)(C)C)C(O)OC)c1. The monoisotopic (exact) mass is 417 g/mol. The van der Waals surface area contributed by atoms with E-state index in [1.54, 1.807) is 35.0 Å². The van der Waals surface area contributed by atoms with Crippen molar-refractivity contribution in [2.45, 2.75) is 45.1 Å². The maximum Gasteiger partial charge on any atom is 0.408 e. The lowest BCUT2D eigenvalue weighted by Crippen LogP contribution is -2.47. The lowest BCUT2D eigenvalue weighted by molar-refractivity contribution is -0.0968. The zero-order chi connectivity index (χ0) is 22.3. The van der Waals surface area contributed by atoms with E-state index in [2.05, 4.69) is 5.32 Å². The number of carbonyl (C=O) groups excluding carboxylic acids is 1. The summed E-state index contributed by atoms with van der Waals surface area (Å²) in [6.07, 6.45) is -1.48. The molecule has 1 amide bonds. The average Bonchev–Trinajstić information content (AvgIpc) is 2.70. The lowest BCUT2D eigenvalue weighted by atomic mass is 9.98. The van der Waals surface area contributed by atoms with Gasteiger partial charge in [0.1, 0.15) is 17.1 Å². The van der Waals surface area contributed by atoms with Crippen LogP contribution in [-0.2, 0) is 15.9 Å². The number of ether oxygens (including phenoxy) is 4. The summed E-state index contributed by atoms with van der Waals surface area (Å²) in [6, 6.07) is 12.6. The molecule has 2 unspecified atom stereocenters. The van der Waals surface area contributed by atoms with Gasteiger partial charge in [0, 0.05) is 7.11 Å². The van der Waals surface area contributed by atoms with Gasteiger partial charge in [0.05, 0.1) is 25.8 Å². The van der Waals surface area contributed by atoms with E-state index in [1.165, 1.54) is 7.11 Å². The van der Waals surface area contributed by atoms with Crippen LogP contribution in [0.2, 0.25) is 0 Å². The van der Waals surface area contributed by atoms with Crippen LogP contribution in [0.15, 0.2) is 42.5 Å². The first-order valence-corrected chi connectivity index (χ1v) is 9.69. The van der Waals surface area contributed by atoms with Gasteiger partial charge < -0.3 is 29.4 Å². The highest BCUT2D eigenvalue weighted by Crippen LogP contribution is 2.38. The first kappa shape index (κ1) is 23.5. The molecule has 0 aromatic heterocycles. The first-order chi connectivity index (χ1) is 14.2. The maximum atomic E-state index is 12.2. The molecule has 2 atom stereocenters. The first-order valence-electron chi connectivity index (χ1n) is 9.69. The molecule has 0 aliphatic rings. The molecule has 7 nitrogen and oxygen atoms in total. The summed E-state index contributed by atoms with van der Waals surface area (Å²) >= 11 is 0. The Bertz CT molecular complexity index is 824. The molecule has 0 aliphatic heterocycles. The van der Waals surface area contributed by atoms with Crippen LogP contribution in [0.5, 0.6) is 11.5 Å². The van der Waals surface area contributed by atoms with E-state index in [0.29, 0.717) is 17.9 Å². The van der Waals surface area contributed by atoms with Crippen LogP contribution in [0, 0.1) is 0 Å². The Morgan fingerprint density at radius 3 is 2.17 bits per heavy atom. The second-order valence-corrected chi connectivity index (χ2v) is 7.82. The van der Waals surface area contributed by atoms with Crippen molar-refractivity contribution >= 4 is 6.09 Å². The molecule has 0 saturated carbocycles. The number of nitrogens with one attached hydrogen (secondary N) is 1. The summed E-state index contributed by atoms with van der Waals surface area (Å²) < 4.78 is 21.4. The van der Waals surface area contributed by atoms with Crippen LogP contribution in [0.1, 0.15) is 26.3 Å². The molecule has 30 heavy (non-hydrogen) atoms. The second-order valence-electron chi connectivity index (χ2n) is 7.82. The molecular weight excluding hydrogens is 386 g/mol. The van der Waals surface area contributed by atoms with Crippen molar-refractivity contribution in [2.24, 2.45) is 0 Å². The quantitative estimate of drug-likeness (QED) is 0.636. The number of methoxy groups -OCH3 is 3. The van der Waals surface area contributed by atoms with Gasteiger partial charge in [0.25, 0.3) is 0 Å². The van der Waals surface area contributed by atoms with Gasteiger partial charge in [-0.15, -0.1) is 0 Å². The van der Waals surface area contributed by atoms with Gasteiger partial charge in [-0.2, -0.15) is 0 Å². The maximum absolute atomic E-state index is 12.2. The number of aliphatic hydroxyl groups excluding tert-OH is 1. The van der Waals surface area contributed by atoms with E-state index in [-0.39, 0.29) is 0 Å². The predicted molar refractivity (Wildman–Crippen MR) is 115 cm³/mol. The van der Waals surface area contributed by atoms with Crippen LogP contribution < -0.4 is 14.8 Å². The fourth-order valence-corrected chi connectivity index (χ4v) is 3.09. The second kappa shape index (κ2) is 10.3.